The van der Waals surface area contributed by atoms with Crippen LogP contribution in [0, 0.1) is 6.92 Å². The first kappa shape index (κ1) is 29.8. The molecule has 0 aliphatic carbocycles. The highest BCUT2D eigenvalue weighted by atomic mass is 16.3. The maximum atomic E-state index is 6.68. The van der Waals surface area contributed by atoms with Crippen LogP contribution in [0.1, 0.15) is 11.3 Å². The van der Waals surface area contributed by atoms with Crippen molar-refractivity contribution in [3.63, 3.8) is 0 Å². The lowest BCUT2D eigenvalue weighted by Gasteiger charge is -2.11. The van der Waals surface area contributed by atoms with Crippen molar-refractivity contribution in [3.05, 3.63) is 170 Å². The van der Waals surface area contributed by atoms with Crippen LogP contribution in [0.4, 0.5) is 0 Å². The number of allylic oxidation sites excluding steroid dienone is 2. The summed E-state index contributed by atoms with van der Waals surface area (Å²) in [5.74, 6) is 1.76. The summed E-state index contributed by atoms with van der Waals surface area (Å²) in [6, 6.07) is 47.9. The number of rotatable bonds is 6. The molecule has 0 aliphatic rings. The monoisotopic (exact) mass is 669 g/mol. The van der Waals surface area contributed by atoms with Gasteiger partial charge in [-0.2, -0.15) is 9.97 Å². The second-order valence-electron chi connectivity index (χ2n) is 12.9. The van der Waals surface area contributed by atoms with Gasteiger partial charge in [-0.1, -0.05) is 122 Å². The molecule has 0 saturated carbocycles. The Balaban J connectivity index is 1.19. The first-order chi connectivity index (χ1) is 25.7. The molecular formula is C46H31N5O. The molecule has 6 heteroatoms. The van der Waals surface area contributed by atoms with E-state index in [0.717, 1.165) is 77.3 Å². The summed E-state index contributed by atoms with van der Waals surface area (Å²) in [6.45, 7) is 6.04. The fourth-order valence-corrected chi connectivity index (χ4v) is 7.62. The maximum absolute atomic E-state index is 6.68. The molecule has 6 nitrogen and oxygen atoms in total. The predicted molar refractivity (Wildman–Crippen MR) is 213 cm³/mol. The number of benzene rings is 6. The lowest BCUT2D eigenvalue weighted by Crippen LogP contribution is -2.06. The molecule has 4 aromatic heterocycles. The Hall–Kier alpha value is -7.05. The van der Waals surface area contributed by atoms with Crippen LogP contribution in [0.2, 0.25) is 0 Å². The molecule has 52 heavy (non-hydrogen) atoms. The summed E-state index contributed by atoms with van der Waals surface area (Å²) in [6.07, 6.45) is 5.92. The minimum absolute atomic E-state index is 0.567. The molecule has 246 valence electrons. The van der Waals surface area contributed by atoms with E-state index in [-0.39, 0.29) is 0 Å². The Morgan fingerprint density at radius 1 is 0.558 bits per heavy atom. The predicted octanol–water partition coefficient (Wildman–Crippen LogP) is 11.7. The summed E-state index contributed by atoms with van der Waals surface area (Å²) < 4.78 is 11.1. The zero-order valence-electron chi connectivity index (χ0n) is 28.4. The number of aromatic nitrogens is 5. The standard InChI is InChI=1S/C46H31N5O/c1-3-4-17-32-29(2)50(38-22-11-8-18-33(32)38)41-25-14-21-36-37-28-31(26-27-42(37)52-43(36)41)45-47-44(30-15-6-5-7-16-30)48-46(49-45)51-39-23-12-9-19-34(39)35-20-10-13-24-40(35)51/h3-28H,1H2,2H3/b17-4-. The van der Waals surface area contributed by atoms with Gasteiger partial charge in [0.1, 0.15) is 5.58 Å². The molecule has 10 rings (SSSR count). The number of para-hydroxylation sites is 4. The molecule has 10 aromatic rings. The fraction of sp³-hybridized carbons (Fsp3) is 0.0217. The van der Waals surface area contributed by atoms with Crippen LogP contribution in [0.3, 0.4) is 0 Å². The van der Waals surface area contributed by atoms with E-state index in [2.05, 4.69) is 126 Å². The van der Waals surface area contributed by atoms with E-state index in [1.165, 1.54) is 5.39 Å². The van der Waals surface area contributed by atoms with E-state index >= 15 is 0 Å². The van der Waals surface area contributed by atoms with E-state index < -0.39 is 0 Å². The SMILES string of the molecule is C=C/C=C\c1c(C)n(-c2cccc3c2oc2ccc(-c4nc(-c5ccccc5)nc(-n5c6ccccc6c6ccccc65)n4)cc23)c2ccccc12. The van der Waals surface area contributed by atoms with Gasteiger partial charge in [0.05, 0.1) is 22.2 Å². The van der Waals surface area contributed by atoms with E-state index in [0.29, 0.717) is 17.6 Å². The Labute approximate surface area is 299 Å². The third kappa shape index (κ3) is 4.55. The van der Waals surface area contributed by atoms with Gasteiger partial charge in [-0.15, -0.1) is 0 Å². The number of furan rings is 1. The van der Waals surface area contributed by atoms with Gasteiger partial charge in [-0.3, -0.25) is 4.57 Å². The van der Waals surface area contributed by atoms with Crippen LogP contribution in [0.5, 0.6) is 0 Å². The average molecular weight is 670 g/mol. The Morgan fingerprint density at radius 2 is 1.17 bits per heavy atom. The molecule has 0 unspecified atom stereocenters. The van der Waals surface area contributed by atoms with Crippen LogP contribution in [0.15, 0.2) is 163 Å². The van der Waals surface area contributed by atoms with Gasteiger partial charge in [0.15, 0.2) is 17.2 Å². The number of hydrogen-bond donors (Lipinski definition) is 0. The summed E-state index contributed by atoms with van der Waals surface area (Å²) in [4.78, 5) is 15.3. The van der Waals surface area contributed by atoms with Crippen molar-refractivity contribution in [1.29, 1.82) is 0 Å². The third-order valence-electron chi connectivity index (χ3n) is 9.97. The van der Waals surface area contributed by atoms with E-state index in [1.807, 2.05) is 54.6 Å². The highest BCUT2D eigenvalue weighted by Gasteiger charge is 2.21. The van der Waals surface area contributed by atoms with Gasteiger partial charge in [0.25, 0.3) is 0 Å². The largest absolute Gasteiger partial charge is 0.454 e. The van der Waals surface area contributed by atoms with E-state index in [1.54, 1.807) is 0 Å². The molecule has 0 N–H and O–H groups in total. The molecule has 0 aliphatic heterocycles. The molecule has 0 saturated heterocycles. The van der Waals surface area contributed by atoms with Crippen molar-refractivity contribution in [1.82, 2.24) is 24.1 Å². The van der Waals surface area contributed by atoms with Crippen LogP contribution < -0.4 is 0 Å². The number of fused-ring (bicyclic) bond motifs is 7. The van der Waals surface area contributed by atoms with Gasteiger partial charge < -0.3 is 8.98 Å². The van der Waals surface area contributed by atoms with Crippen LogP contribution in [-0.2, 0) is 0 Å². The Kier molecular flexibility index (Phi) is 6.76. The molecule has 6 aromatic carbocycles. The minimum Gasteiger partial charge on any atom is -0.454 e. The highest BCUT2D eigenvalue weighted by molar-refractivity contribution is 6.10. The van der Waals surface area contributed by atoms with Crippen LogP contribution in [-0.4, -0.2) is 24.1 Å². The Bertz CT molecular complexity index is 3000. The van der Waals surface area contributed by atoms with Crippen molar-refractivity contribution in [2.45, 2.75) is 6.92 Å². The van der Waals surface area contributed by atoms with Gasteiger partial charge in [0, 0.05) is 49.3 Å². The summed E-state index contributed by atoms with van der Waals surface area (Å²) >= 11 is 0. The molecule has 0 bridgehead atoms. The molecule has 0 radical (unpaired) electrons. The van der Waals surface area contributed by atoms with Crippen molar-refractivity contribution < 1.29 is 4.42 Å². The fourth-order valence-electron chi connectivity index (χ4n) is 7.62. The van der Waals surface area contributed by atoms with Crippen molar-refractivity contribution in [3.8, 4) is 34.4 Å². The summed E-state index contributed by atoms with van der Waals surface area (Å²) in [5, 5.41) is 5.50. The maximum Gasteiger partial charge on any atom is 0.238 e. The quantitative estimate of drug-likeness (QED) is 0.165. The van der Waals surface area contributed by atoms with Crippen molar-refractivity contribution >= 4 is 60.7 Å². The normalized spacial score (nSPS) is 11.9. The molecule has 0 fully saturated rings. The van der Waals surface area contributed by atoms with E-state index in [9.17, 15) is 0 Å². The minimum atomic E-state index is 0.567. The molecule has 0 spiro atoms. The second-order valence-corrected chi connectivity index (χ2v) is 12.9. The molecular weight excluding hydrogens is 639 g/mol. The third-order valence-corrected chi connectivity index (χ3v) is 9.97. The summed E-state index contributed by atoms with van der Waals surface area (Å²) in [7, 11) is 0. The molecule has 0 amide bonds. The van der Waals surface area contributed by atoms with Gasteiger partial charge in [0.2, 0.25) is 5.95 Å². The smallest absolute Gasteiger partial charge is 0.238 e. The topological polar surface area (TPSA) is 61.7 Å². The summed E-state index contributed by atoms with van der Waals surface area (Å²) in [5.41, 5.74) is 9.90. The first-order valence-electron chi connectivity index (χ1n) is 17.3. The second kappa shape index (κ2) is 11.8. The van der Waals surface area contributed by atoms with Gasteiger partial charge in [-0.05, 0) is 49.4 Å². The van der Waals surface area contributed by atoms with E-state index in [4.69, 9.17) is 19.4 Å². The van der Waals surface area contributed by atoms with Crippen molar-refractivity contribution in [2.24, 2.45) is 0 Å². The molecule has 0 atom stereocenters. The zero-order valence-corrected chi connectivity index (χ0v) is 28.4. The van der Waals surface area contributed by atoms with Crippen LogP contribution >= 0.6 is 0 Å². The van der Waals surface area contributed by atoms with Gasteiger partial charge in [-0.25, -0.2) is 4.98 Å². The van der Waals surface area contributed by atoms with Gasteiger partial charge >= 0.3 is 0 Å². The molecule has 4 heterocycles. The number of hydrogen-bond acceptors (Lipinski definition) is 4. The average Bonchev–Trinajstić information content (AvgIpc) is 3.84. The first-order valence-corrected chi connectivity index (χ1v) is 17.3. The highest BCUT2D eigenvalue weighted by Crippen LogP contribution is 2.39. The lowest BCUT2D eigenvalue weighted by atomic mass is 10.1. The Morgan fingerprint density at radius 3 is 1.88 bits per heavy atom. The van der Waals surface area contributed by atoms with Crippen LogP contribution in [0.25, 0.3) is 95.1 Å². The van der Waals surface area contributed by atoms with Crippen molar-refractivity contribution in [2.75, 3.05) is 0 Å². The lowest BCUT2D eigenvalue weighted by molar-refractivity contribution is 0.665. The zero-order chi connectivity index (χ0) is 34.8. The number of nitrogens with zero attached hydrogens (tertiary/aromatic N) is 5.